The van der Waals surface area contributed by atoms with Gasteiger partial charge in [0.05, 0.1) is 10.7 Å². The van der Waals surface area contributed by atoms with Crippen molar-refractivity contribution >= 4 is 49.5 Å². The lowest BCUT2D eigenvalue weighted by atomic mass is 10.2. The summed E-state index contributed by atoms with van der Waals surface area (Å²) < 4.78 is 8.79. The van der Waals surface area contributed by atoms with Crippen molar-refractivity contribution in [3.63, 3.8) is 0 Å². The molecule has 0 saturated carbocycles. The van der Waals surface area contributed by atoms with E-state index in [0.29, 0.717) is 27.3 Å². The predicted octanol–water partition coefficient (Wildman–Crippen LogP) is 5.58. The molecule has 4 rings (SSSR count). The molecular weight excluding hydrogens is 450 g/mol. The van der Waals surface area contributed by atoms with E-state index < -0.39 is 0 Å². The molecule has 1 aromatic carbocycles. The largest absolute Gasteiger partial charge is 0.506 e. The van der Waals surface area contributed by atoms with Crippen LogP contribution in [0.15, 0.2) is 73.3 Å². The second-order valence-electron chi connectivity index (χ2n) is 5.27. The van der Waals surface area contributed by atoms with Crippen LogP contribution in [0.2, 0.25) is 0 Å². The quantitative estimate of drug-likeness (QED) is 0.406. The molecule has 0 amide bonds. The number of rotatable bonds is 3. The lowest BCUT2D eigenvalue weighted by Crippen LogP contribution is -1.87. The summed E-state index contributed by atoms with van der Waals surface area (Å²) in [5, 5.41) is 10.2. The van der Waals surface area contributed by atoms with E-state index in [1.54, 1.807) is 24.6 Å². The average molecular weight is 461 g/mol. The van der Waals surface area contributed by atoms with E-state index in [2.05, 4.69) is 41.8 Å². The van der Waals surface area contributed by atoms with E-state index in [-0.39, 0.29) is 5.75 Å². The lowest BCUT2D eigenvalue weighted by molar-refractivity contribution is 0.471. The Balaban J connectivity index is 1.88. The molecule has 124 valence electrons. The van der Waals surface area contributed by atoms with Crippen molar-refractivity contribution in [1.29, 1.82) is 0 Å². The Morgan fingerprint density at radius 1 is 1.16 bits per heavy atom. The third kappa shape index (κ3) is 3.01. The summed E-state index contributed by atoms with van der Waals surface area (Å²) >= 11 is 6.74. The second kappa shape index (κ2) is 6.50. The number of benzene rings is 1. The molecule has 5 nitrogen and oxygen atoms in total. The van der Waals surface area contributed by atoms with Crippen LogP contribution in [-0.4, -0.2) is 20.7 Å². The number of phenolic OH excluding ortho intramolecular Hbond substituents is 1. The van der Waals surface area contributed by atoms with E-state index in [1.165, 1.54) is 0 Å². The molecule has 3 heterocycles. The van der Waals surface area contributed by atoms with Gasteiger partial charge in [0.2, 0.25) is 0 Å². The number of imidazole rings is 1. The van der Waals surface area contributed by atoms with Gasteiger partial charge in [-0.2, -0.15) is 0 Å². The zero-order valence-corrected chi connectivity index (χ0v) is 15.9. The summed E-state index contributed by atoms with van der Waals surface area (Å²) in [6, 6.07) is 12.9. The molecule has 0 unspecified atom stereocenters. The Labute approximate surface area is 159 Å². The predicted molar refractivity (Wildman–Crippen MR) is 104 cm³/mol. The van der Waals surface area contributed by atoms with Gasteiger partial charge in [-0.15, -0.1) is 0 Å². The summed E-state index contributed by atoms with van der Waals surface area (Å²) in [6.07, 6.45) is 5.09. The Morgan fingerprint density at radius 3 is 2.84 bits per heavy atom. The lowest BCUT2D eigenvalue weighted by Gasteiger charge is -2.03. The van der Waals surface area contributed by atoms with Crippen LogP contribution in [0.5, 0.6) is 5.75 Å². The first-order valence-corrected chi connectivity index (χ1v) is 8.95. The van der Waals surface area contributed by atoms with Gasteiger partial charge in [0.15, 0.2) is 17.3 Å². The number of pyridine rings is 1. The smallest absolute Gasteiger partial charge is 0.168 e. The van der Waals surface area contributed by atoms with Crippen LogP contribution in [0.3, 0.4) is 0 Å². The van der Waals surface area contributed by atoms with E-state index in [1.807, 2.05) is 40.9 Å². The molecule has 0 aliphatic rings. The summed E-state index contributed by atoms with van der Waals surface area (Å²) in [5.74, 6) is 1.39. The van der Waals surface area contributed by atoms with Crippen molar-refractivity contribution in [2.24, 2.45) is 4.99 Å². The minimum atomic E-state index is 0.125. The monoisotopic (exact) mass is 459 g/mol. The van der Waals surface area contributed by atoms with Crippen molar-refractivity contribution in [2.75, 3.05) is 0 Å². The van der Waals surface area contributed by atoms with Gasteiger partial charge in [-0.3, -0.25) is 4.40 Å². The average Bonchev–Trinajstić information content (AvgIpc) is 3.24. The standard InChI is InChI=1S/C18H11Br2N3O2/c19-12-8-11(17(24)13(20)9-12)10-21-18-16(14-4-3-7-25-14)22-15-5-1-2-6-23(15)18/h1-10,24H. The Bertz CT molecular complexity index is 1090. The molecule has 0 fully saturated rings. The summed E-state index contributed by atoms with van der Waals surface area (Å²) in [6.45, 7) is 0. The first kappa shape index (κ1) is 16.1. The van der Waals surface area contributed by atoms with Crippen LogP contribution in [0.25, 0.3) is 17.1 Å². The van der Waals surface area contributed by atoms with E-state index in [4.69, 9.17) is 4.42 Å². The topological polar surface area (TPSA) is 63.0 Å². The minimum Gasteiger partial charge on any atom is -0.506 e. The van der Waals surface area contributed by atoms with Crippen molar-refractivity contribution in [2.45, 2.75) is 0 Å². The fourth-order valence-corrected chi connectivity index (χ4v) is 3.76. The number of halogens is 2. The normalized spacial score (nSPS) is 11.6. The maximum atomic E-state index is 10.2. The van der Waals surface area contributed by atoms with Crippen molar-refractivity contribution in [3.8, 4) is 17.2 Å². The third-order valence-electron chi connectivity index (χ3n) is 3.64. The zero-order valence-electron chi connectivity index (χ0n) is 12.7. The van der Waals surface area contributed by atoms with Gasteiger partial charge in [-0.1, -0.05) is 22.0 Å². The number of furan rings is 1. The highest BCUT2D eigenvalue weighted by atomic mass is 79.9. The fraction of sp³-hybridized carbons (Fsp3) is 0. The van der Waals surface area contributed by atoms with Crippen LogP contribution in [-0.2, 0) is 0 Å². The fourth-order valence-electron chi connectivity index (χ4n) is 2.50. The molecule has 7 heteroatoms. The highest BCUT2D eigenvalue weighted by Crippen LogP contribution is 2.33. The van der Waals surface area contributed by atoms with E-state index in [0.717, 1.165) is 10.1 Å². The Kier molecular flexibility index (Phi) is 4.19. The highest BCUT2D eigenvalue weighted by Gasteiger charge is 2.15. The number of aliphatic imine (C=N–C) groups is 1. The molecule has 1 N–H and O–H groups in total. The summed E-state index contributed by atoms with van der Waals surface area (Å²) in [4.78, 5) is 9.18. The van der Waals surface area contributed by atoms with Gasteiger partial charge in [0.25, 0.3) is 0 Å². The number of hydrogen-bond donors (Lipinski definition) is 1. The molecule has 4 aromatic rings. The van der Waals surface area contributed by atoms with Crippen LogP contribution < -0.4 is 0 Å². The van der Waals surface area contributed by atoms with Gasteiger partial charge in [-0.25, -0.2) is 9.98 Å². The molecule has 3 aromatic heterocycles. The van der Waals surface area contributed by atoms with Gasteiger partial charge in [-0.05, 0) is 52.3 Å². The maximum Gasteiger partial charge on any atom is 0.168 e. The molecule has 0 atom stereocenters. The SMILES string of the molecule is Oc1c(Br)cc(Br)cc1C=Nc1c(-c2ccco2)nc2ccccn12. The molecule has 0 spiro atoms. The van der Waals surface area contributed by atoms with Gasteiger partial charge < -0.3 is 9.52 Å². The number of aromatic nitrogens is 2. The van der Waals surface area contributed by atoms with Crippen molar-refractivity contribution in [3.05, 3.63) is 69.4 Å². The van der Waals surface area contributed by atoms with Crippen molar-refractivity contribution in [1.82, 2.24) is 9.38 Å². The number of phenols is 1. The van der Waals surface area contributed by atoms with Gasteiger partial charge >= 0.3 is 0 Å². The first-order chi connectivity index (χ1) is 12.1. The Morgan fingerprint density at radius 2 is 2.04 bits per heavy atom. The molecule has 25 heavy (non-hydrogen) atoms. The van der Waals surface area contributed by atoms with Crippen LogP contribution in [0, 0.1) is 0 Å². The second-order valence-corrected chi connectivity index (χ2v) is 7.04. The maximum absolute atomic E-state index is 10.2. The highest BCUT2D eigenvalue weighted by molar-refractivity contribution is 9.11. The first-order valence-electron chi connectivity index (χ1n) is 7.36. The molecule has 0 bridgehead atoms. The van der Waals surface area contributed by atoms with Crippen molar-refractivity contribution < 1.29 is 9.52 Å². The van der Waals surface area contributed by atoms with E-state index in [9.17, 15) is 5.11 Å². The molecule has 0 aliphatic carbocycles. The molecule has 0 aliphatic heterocycles. The third-order valence-corrected chi connectivity index (χ3v) is 4.71. The van der Waals surface area contributed by atoms with Gasteiger partial charge in [0.1, 0.15) is 11.4 Å². The summed E-state index contributed by atoms with van der Waals surface area (Å²) in [5.41, 5.74) is 1.99. The van der Waals surface area contributed by atoms with E-state index >= 15 is 0 Å². The molecular formula is C18H11Br2N3O2. The number of hydrogen-bond acceptors (Lipinski definition) is 4. The van der Waals surface area contributed by atoms with Gasteiger partial charge in [0, 0.05) is 22.4 Å². The number of fused-ring (bicyclic) bond motifs is 1. The zero-order chi connectivity index (χ0) is 17.4. The number of aromatic hydroxyl groups is 1. The number of nitrogens with zero attached hydrogens (tertiary/aromatic N) is 3. The Hall–Kier alpha value is -2.38. The van der Waals surface area contributed by atoms with Crippen LogP contribution >= 0.6 is 31.9 Å². The molecule has 0 radical (unpaired) electrons. The van der Waals surface area contributed by atoms with Crippen LogP contribution in [0.4, 0.5) is 5.82 Å². The minimum absolute atomic E-state index is 0.125. The van der Waals surface area contributed by atoms with Crippen LogP contribution in [0.1, 0.15) is 5.56 Å². The molecule has 0 saturated heterocycles. The summed E-state index contributed by atoms with van der Waals surface area (Å²) in [7, 11) is 0.